The topological polar surface area (TPSA) is 104 Å². The number of nitrogens with one attached hydrogen (secondary N) is 1. The smallest absolute Gasteiger partial charge is 0.275 e. The van der Waals surface area contributed by atoms with Crippen LogP contribution in [0, 0.1) is 0 Å². The zero-order valence-corrected chi connectivity index (χ0v) is 22.4. The van der Waals surface area contributed by atoms with E-state index in [0.29, 0.717) is 58.9 Å². The zero-order valence-electron chi connectivity index (χ0n) is 20.7. The van der Waals surface area contributed by atoms with Crippen LogP contribution in [-0.2, 0) is 28.7 Å². The van der Waals surface area contributed by atoms with Gasteiger partial charge in [0.15, 0.2) is 5.69 Å². The van der Waals surface area contributed by atoms with Gasteiger partial charge in [0.05, 0.1) is 17.7 Å². The Hall–Kier alpha value is -3.42. The third kappa shape index (κ3) is 3.88. The first kappa shape index (κ1) is 23.9. The van der Waals surface area contributed by atoms with Crippen LogP contribution in [0.4, 0.5) is 5.69 Å². The molecule has 2 aromatic carbocycles. The van der Waals surface area contributed by atoms with Crippen LogP contribution in [0.5, 0.6) is 0 Å². The Balaban J connectivity index is 1.35. The van der Waals surface area contributed by atoms with E-state index < -0.39 is 13.2 Å². The normalized spacial score (nSPS) is 17.9. The molecule has 6 rings (SSSR count). The van der Waals surface area contributed by atoms with Gasteiger partial charge in [-0.3, -0.25) is 14.7 Å². The number of benzene rings is 2. The predicted molar refractivity (Wildman–Crippen MR) is 144 cm³/mol. The summed E-state index contributed by atoms with van der Waals surface area (Å²) in [5.41, 5.74) is 4.11. The molecule has 11 heteroatoms. The van der Waals surface area contributed by atoms with Crippen molar-refractivity contribution in [2.45, 2.75) is 25.4 Å². The predicted octanol–water partition coefficient (Wildman–Crippen LogP) is 3.30. The van der Waals surface area contributed by atoms with E-state index in [0.717, 1.165) is 16.6 Å². The average Bonchev–Trinajstić information content (AvgIpc) is 3.40. The van der Waals surface area contributed by atoms with Gasteiger partial charge < -0.3 is 14.4 Å². The Bertz CT molecular complexity index is 1620. The van der Waals surface area contributed by atoms with Gasteiger partial charge in [-0.2, -0.15) is 10.2 Å². The van der Waals surface area contributed by atoms with E-state index in [2.05, 4.69) is 15.3 Å². The molecule has 2 aliphatic rings. The van der Waals surface area contributed by atoms with Crippen molar-refractivity contribution in [1.29, 1.82) is 0 Å². The second-order valence-electron chi connectivity index (χ2n) is 10.0. The van der Waals surface area contributed by atoms with E-state index in [4.69, 9.17) is 11.6 Å². The maximum Gasteiger partial charge on any atom is 0.275 e. The highest BCUT2D eigenvalue weighted by atomic mass is 35.5. The lowest BCUT2D eigenvalue weighted by atomic mass is 10.0. The fraction of sp³-hybridized carbons (Fsp3) is 0.308. The van der Waals surface area contributed by atoms with Crippen molar-refractivity contribution in [1.82, 2.24) is 24.9 Å². The van der Waals surface area contributed by atoms with Crippen LogP contribution in [0.2, 0.25) is 5.15 Å². The zero-order chi connectivity index (χ0) is 26.1. The van der Waals surface area contributed by atoms with Crippen molar-refractivity contribution in [3.63, 3.8) is 0 Å². The van der Waals surface area contributed by atoms with Crippen LogP contribution in [0.3, 0.4) is 0 Å². The van der Waals surface area contributed by atoms with Gasteiger partial charge in [-0.1, -0.05) is 41.9 Å². The third-order valence-corrected chi connectivity index (χ3v) is 9.22. The molecule has 4 aromatic rings. The van der Waals surface area contributed by atoms with Crippen molar-refractivity contribution >= 4 is 52.5 Å². The molecular weight excluding hydrogens is 511 g/mol. The second-order valence-corrected chi connectivity index (χ2v) is 13.6. The lowest BCUT2D eigenvalue weighted by molar-refractivity contribution is -0.122. The molecule has 1 atom stereocenters. The number of carbonyl (C=O) groups excluding carboxylic acids is 2. The van der Waals surface area contributed by atoms with Crippen molar-refractivity contribution in [2.75, 3.05) is 31.8 Å². The summed E-state index contributed by atoms with van der Waals surface area (Å²) in [5.74, 6) is -0.521. The van der Waals surface area contributed by atoms with Crippen molar-refractivity contribution in [2.24, 2.45) is 0 Å². The Kier molecular flexibility index (Phi) is 5.55. The molecule has 0 saturated heterocycles. The molecule has 0 bridgehead atoms. The van der Waals surface area contributed by atoms with E-state index in [1.165, 1.54) is 0 Å². The number of anilines is 1. The fourth-order valence-electron chi connectivity index (χ4n) is 5.27. The van der Waals surface area contributed by atoms with E-state index in [1.807, 2.05) is 42.5 Å². The summed E-state index contributed by atoms with van der Waals surface area (Å²) >= 11 is 6.64. The van der Waals surface area contributed by atoms with Crippen LogP contribution in [0.25, 0.3) is 10.9 Å². The van der Waals surface area contributed by atoms with Gasteiger partial charge in [0.25, 0.3) is 5.91 Å². The molecule has 2 aliphatic heterocycles. The molecule has 2 aromatic heterocycles. The van der Waals surface area contributed by atoms with Crippen LogP contribution < -0.4 is 10.2 Å². The lowest BCUT2D eigenvalue weighted by Gasteiger charge is -2.34. The molecule has 190 valence electrons. The molecular formula is C26H26ClN6O3P. The molecule has 0 spiro atoms. The van der Waals surface area contributed by atoms with Crippen LogP contribution in [0.15, 0.2) is 42.5 Å². The summed E-state index contributed by atoms with van der Waals surface area (Å²) in [6.07, 6.45) is 0.800. The number of likely N-dealkylation sites (N-methyl/N-ethyl adjacent to an activating group) is 1. The number of aromatic nitrogens is 4. The summed E-state index contributed by atoms with van der Waals surface area (Å²) in [6, 6.07) is 12.7. The number of nitrogens with zero attached hydrogens (tertiary/aromatic N) is 5. The summed E-state index contributed by atoms with van der Waals surface area (Å²) in [6.45, 7) is 4.20. The first-order valence-corrected chi connectivity index (χ1v) is 15.1. The molecule has 1 N–H and O–H groups in total. The Morgan fingerprint density at radius 1 is 1.16 bits per heavy atom. The van der Waals surface area contributed by atoms with E-state index in [1.54, 1.807) is 34.9 Å². The lowest BCUT2D eigenvalue weighted by Crippen LogP contribution is -2.53. The summed E-state index contributed by atoms with van der Waals surface area (Å²) in [5, 5.41) is 14.0. The highest BCUT2D eigenvalue weighted by Gasteiger charge is 2.41. The van der Waals surface area contributed by atoms with Crippen LogP contribution in [0.1, 0.15) is 27.3 Å². The molecule has 0 saturated carbocycles. The minimum Gasteiger partial charge on any atom is -0.324 e. The second kappa shape index (κ2) is 8.57. The molecule has 9 nitrogen and oxygen atoms in total. The average molecular weight is 537 g/mol. The van der Waals surface area contributed by atoms with Crippen LogP contribution in [-0.4, -0.2) is 69.7 Å². The molecule has 0 aliphatic carbocycles. The minimum absolute atomic E-state index is 0.211. The highest BCUT2D eigenvalue weighted by Crippen LogP contribution is 2.40. The maximum atomic E-state index is 13.8. The monoisotopic (exact) mass is 536 g/mol. The number of amides is 2. The third-order valence-electron chi connectivity index (χ3n) is 7.29. The summed E-state index contributed by atoms with van der Waals surface area (Å²) in [7, 11) is -0.893. The van der Waals surface area contributed by atoms with Crippen LogP contribution >= 0.6 is 18.7 Å². The van der Waals surface area contributed by atoms with Gasteiger partial charge >= 0.3 is 0 Å². The molecule has 0 fully saturated rings. The largest absolute Gasteiger partial charge is 0.324 e. The first-order valence-electron chi connectivity index (χ1n) is 12.1. The standard InChI is InChI=1S/C26H26ClN6O3P/c1-31-20-12-16(37(2,3)36)11-18-22(20)19(29-28-18)13-21(25(31)34)32-10-9-17-23(26(32)35)30-33(24(17)27)14-15-7-5-4-6-8-15/h4-8,11-12,21H,9-10,13-14H2,1-3H3,(H,28,29)/t21-/m0/s1. The summed E-state index contributed by atoms with van der Waals surface area (Å²) < 4.78 is 14.5. The van der Waals surface area contributed by atoms with E-state index in [-0.39, 0.29) is 11.8 Å². The van der Waals surface area contributed by atoms with Gasteiger partial charge in [-0.15, -0.1) is 0 Å². The SMILES string of the molecule is CN1C(=O)[C@@H](N2CCc3c(nn(Cc4ccccc4)c3Cl)C2=O)Cc2[nH]nc3cc(P(C)(C)=O)cc1c23. The summed E-state index contributed by atoms with van der Waals surface area (Å²) in [4.78, 5) is 30.6. The number of aromatic amines is 1. The van der Waals surface area contributed by atoms with Crippen molar-refractivity contribution in [3.05, 3.63) is 70.1 Å². The number of halogens is 1. The number of hydrogen-bond acceptors (Lipinski definition) is 5. The molecule has 4 heterocycles. The number of rotatable bonds is 4. The fourth-order valence-corrected chi connectivity index (χ4v) is 6.42. The van der Waals surface area contributed by atoms with Gasteiger partial charge in [-0.25, -0.2) is 4.68 Å². The van der Waals surface area contributed by atoms with Gasteiger partial charge in [0.2, 0.25) is 5.91 Å². The number of fused-ring (bicyclic) bond motifs is 1. The molecule has 37 heavy (non-hydrogen) atoms. The van der Waals surface area contributed by atoms with Gasteiger partial charge in [-0.05, 0) is 37.4 Å². The molecule has 0 radical (unpaired) electrons. The highest BCUT2D eigenvalue weighted by molar-refractivity contribution is 7.70. The van der Waals surface area contributed by atoms with Gasteiger partial charge in [0, 0.05) is 42.0 Å². The Morgan fingerprint density at radius 3 is 2.65 bits per heavy atom. The van der Waals surface area contributed by atoms with Gasteiger partial charge in [0.1, 0.15) is 18.3 Å². The first-order chi connectivity index (χ1) is 17.6. The Labute approximate surface area is 218 Å². The maximum absolute atomic E-state index is 13.8. The molecule has 0 unspecified atom stereocenters. The van der Waals surface area contributed by atoms with E-state index in [9.17, 15) is 14.2 Å². The number of carbonyl (C=O) groups is 2. The van der Waals surface area contributed by atoms with Crippen molar-refractivity contribution < 1.29 is 14.2 Å². The van der Waals surface area contributed by atoms with E-state index >= 15 is 0 Å². The number of hydrogen-bond donors (Lipinski definition) is 1. The minimum atomic E-state index is -2.59. The quantitative estimate of drug-likeness (QED) is 0.403. The Morgan fingerprint density at radius 2 is 1.92 bits per heavy atom. The van der Waals surface area contributed by atoms with Crippen molar-refractivity contribution in [3.8, 4) is 0 Å². The number of H-pyrrole nitrogens is 1. The molecule has 2 amide bonds.